The Bertz CT molecular complexity index is 763. The third-order valence-corrected chi connectivity index (χ3v) is 4.49. The molecule has 0 atom stereocenters. The van der Waals surface area contributed by atoms with E-state index < -0.39 is 0 Å². The topological polar surface area (TPSA) is 49.6 Å². The summed E-state index contributed by atoms with van der Waals surface area (Å²) in [7, 11) is 2.02. The van der Waals surface area contributed by atoms with Crippen molar-refractivity contribution in [1.29, 1.82) is 0 Å². The van der Waals surface area contributed by atoms with E-state index in [1.165, 1.54) is 0 Å². The van der Waals surface area contributed by atoms with Gasteiger partial charge in [0, 0.05) is 36.0 Å². The highest BCUT2D eigenvalue weighted by Gasteiger charge is 2.25. The molecule has 1 heterocycles. The van der Waals surface area contributed by atoms with E-state index in [1.54, 1.807) is 29.2 Å². The van der Waals surface area contributed by atoms with E-state index in [9.17, 15) is 4.79 Å². The molecular weight excluding hydrogens is 333 g/mol. The van der Waals surface area contributed by atoms with Crippen molar-refractivity contribution >= 4 is 40.5 Å². The Labute approximate surface area is 145 Å². The molecule has 0 spiro atoms. The first kappa shape index (κ1) is 16.1. The number of nitrogens with zero attached hydrogens (tertiary/aromatic N) is 2. The maximum absolute atomic E-state index is 13.0. The monoisotopic (exact) mass is 349 g/mol. The SMILES string of the molecule is CN1CCN(C(=O)c2ccc(N)cc2Cl)c2ccc(Cl)cc2C1. The molecule has 4 nitrogen and oxygen atoms in total. The van der Waals surface area contributed by atoms with Crippen LogP contribution < -0.4 is 10.6 Å². The Hall–Kier alpha value is -1.75. The van der Waals surface area contributed by atoms with Crippen molar-refractivity contribution < 1.29 is 4.79 Å². The molecule has 2 aromatic carbocycles. The molecule has 0 bridgehead atoms. The van der Waals surface area contributed by atoms with E-state index in [1.807, 2.05) is 19.2 Å². The van der Waals surface area contributed by atoms with Gasteiger partial charge in [0.2, 0.25) is 0 Å². The fourth-order valence-corrected chi connectivity index (χ4v) is 3.23. The summed E-state index contributed by atoms with van der Waals surface area (Å²) in [6.07, 6.45) is 0. The summed E-state index contributed by atoms with van der Waals surface area (Å²) in [4.78, 5) is 16.9. The molecule has 0 fully saturated rings. The first-order chi connectivity index (χ1) is 11.0. The molecule has 1 amide bonds. The lowest BCUT2D eigenvalue weighted by atomic mass is 10.1. The zero-order chi connectivity index (χ0) is 16.6. The van der Waals surface area contributed by atoms with Crippen LogP contribution in [0.3, 0.4) is 0 Å². The second-order valence-corrected chi connectivity index (χ2v) is 6.55. The predicted molar refractivity (Wildman–Crippen MR) is 95.3 cm³/mol. The minimum atomic E-state index is -0.131. The van der Waals surface area contributed by atoms with E-state index >= 15 is 0 Å². The molecule has 23 heavy (non-hydrogen) atoms. The lowest BCUT2D eigenvalue weighted by Crippen LogP contribution is -2.35. The van der Waals surface area contributed by atoms with Crippen molar-refractivity contribution in [2.24, 2.45) is 0 Å². The normalized spacial score (nSPS) is 15.2. The van der Waals surface area contributed by atoms with Crippen molar-refractivity contribution in [1.82, 2.24) is 4.90 Å². The van der Waals surface area contributed by atoms with Crippen LogP contribution in [0.1, 0.15) is 15.9 Å². The number of nitrogens with two attached hydrogens (primary N) is 1. The van der Waals surface area contributed by atoms with E-state index in [-0.39, 0.29) is 5.91 Å². The van der Waals surface area contributed by atoms with Gasteiger partial charge in [-0.05, 0) is 49.0 Å². The van der Waals surface area contributed by atoms with Crippen LogP contribution in [0.15, 0.2) is 36.4 Å². The molecular formula is C17H17Cl2N3O. The summed E-state index contributed by atoms with van der Waals surface area (Å²) in [5.74, 6) is -0.131. The fourth-order valence-electron chi connectivity index (χ4n) is 2.77. The molecule has 0 saturated carbocycles. The van der Waals surface area contributed by atoms with E-state index in [0.29, 0.717) is 27.8 Å². The Morgan fingerprint density at radius 1 is 1.13 bits per heavy atom. The number of carbonyl (C=O) groups excluding carboxylic acids is 1. The quantitative estimate of drug-likeness (QED) is 0.799. The third-order valence-electron chi connectivity index (χ3n) is 3.95. The van der Waals surface area contributed by atoms with E-state index in [2.05, 4.69) is 4.90 Å². The molecule has 0 unspecified atom stereocenters. The summed E-state index contributed by atoms with van der Waals surface area (Å²) >= 11 is 12.3. The predicted octanol–water partition coefficient (Wildman–Crippen LogP) is 3.67. The molecule has 0 aromatic heterocycles. The maximum atomic E-state index is 13.0. The van der Waals surface area contributed by atoms with Gasteiger partial charge in [0.15, 0.2) is 0 Å². The minimum absolute atomic E-state index is 0.131. The van der Waals surface area contributed by atoms with Crippen LogP contribution in [-0.2, 0) is 6.54 Å². The summed E-state index contributed by atoms with van der Waals surface area (Å²) in [6.45, 7) is 2.10. The van der Waals surface area contributed by atoms with Crippen LogP contribution in [0.2, 0.25) is 10.0 Å². The summed E-state index contributed by atoms with van der Waals surface area (Å²) in [6, 6.07) is 10.6. The number of carbonyl (C=O) groups is 1. The Kier molecular flexibility index (Phi) is 4.48. The number of anilines is 2. The molecule has 0 saturated heterocycles. The number of nitrogen functional groups attached to an aromatic ring is 1. The Balaban J connectivity index is 2.03. The third kappa shape index (κ3) is 3.29. The van der Waals surface area contributed by atoms with Crippen LogP contribution in [0.25, 0.3) is 0 Å². The zero-order valence-corrected chi connectivity index (χ0v) is 14.2. The largest absolute Gasteiger partial charge is 0.399 e. The van der Waals surface area contributed by atoms with Crippen LogP contribution in [0.5, 0.6) is 0 Å². The lowest BCUT2D eigenvalue weighted by molar-refractivity contribution is 0.0986. The number of halogens is 2. The molecule has 2 aromatic rings. The molecule has 120 valence electrons. The van der Waals surface area contributed by atoms with E-state index in [0.717, 1.165) is 24.3 Å². The molecule has 6 heteroatoms. The molecule has 0 aliphatic carbocycles. The first-order valence-corrected chi connectivity index (χ1v) is 8.05. The summed E-state index contributed by atoms with van der Waals surface area (Å²) in [5, 5.41) is 1.03. The smallest absolute Gasteiger partial charge is 0.259 e. The van der Waals surface area contributed by atoms with Gasteiger partial charge in [-0.2, -0.15) is 0 Å². The molecule has 2 N–H and O–H groups in total. The number of likely N-dealkylation sites (N-methyl/N-ethyl adjacent to an activating group) is 1. The van der Waals surface area contributed by atoms with E-state index in [4.69, 9.17) is 28.9 Å². The van der Waals surface area contributed by atoms with Gasteiger partial charge in [-0.1, -0.05) is 23.2 Å². The fraction of sp³-hybridized carbons (Fsp3) is 0.235. The number of amides is 1. The molecule has 1 aliphatic heterocycles. The molecule has 0 radical (unpaired) electrons. The van der Waals surface area contributed by atoms with Crippen LogP contribution in [0.4, 0.5) is 11.4 Å². The van der Waals surface area contributed by atoms with Gasteiger partial charge in [-0.15, -0.1) is 0 Å². The van der Waals surface area contributed by atoms with Crippen molar-refractivity contribution in [3.05, 3.63) is 57.6 Å². The molecule has 3 rings (SSSR count). The average Bonchev–Trinajstić information content (AvgIpc) is 2.64. The Morgan fingerprint density at radius 3 is 2.65 bits per heavy atom. The van der Waals surface area contributed by atoms with Gasteiger partial charge in [-0.25, -0.2) is 0 Å². The number of fused-ring (bicyclic) bond motifs is 1. The van der Waals surface area contributed by atoms with Crippen LogP contribution >= 0.6 is 23.2 Å². The first-order valence-electron chi connectivity index (χ1n) is 7.29. The second kappa shape index (κ2) is 6.40. The lowest BCUT2D eigenvalue weighted by Gasteiger charge is -2.23. The van der Waals surface area contributed by atoms with Crippen molar-refractivity contribution in [2.75, 3.05) is 30.8 Å². The van der Waals surface area contributed by atoms with Crippen molar-refractivity contribution in [2.45, 2.75) is 6.54 Å². The van der Waals surface area contributed by atoms with Crippen molar-refractivity contribution in [3.63, 3.8) is 0 Å². The standard InChI is InChI=1S/C17H17Cl2N3O/c1-21-6-7-22(16-5-2-12(18)8-11(16)10-21)17(23)14-4-3-13(20)9-15(14)19/h2-5,8-9H,6-7,10,20H2,1H3. The van der Waals surface area contributed by atoms with Crippen molar-refractivity contribution in [3.8, 4) is 0 Å². The highest BCUT2D eigenvalue weighted by molar-refractivity contribution is 6.35. The Morgan fingerprint density at radius 2 is 1.91 bits per heavy atom. The molecule has 1 aliphatic rings. The van der Waals surface area contributed by atoms with Gasteiger partial charge in [0.05, 0.1) is 10.6 Å². The maximum Gasteiger partial charge on any atom is 0.259 e. The van der Waals surface area contributed by atoms with Gasteiger partial charge in [0.25, 0.3) is 5.91 Å². The average molecular weight is 350 g/mol. The van der Waals surface area contributed by atoms with Gasteiger partial charge < -0.3 is 15.5 Å². The van der Waals surface area contributed by atoms with Gasteiger partial charge in [-0.3, -0.25) is 4.79 Å². The number of hydrogen-bond acceptors (Lipinski definition) is 3. The second-order valence-electron chi connectivity index (χ2n) is 5.71. The van der Waals surface area contributed by atoms with Crippen LogP contribution in [-0.4, -0.2) is 30.9 Å². The number of hydrogen-bond donors (Lipinski definition) is 1. The van der Waals surface area contributed by atoms with Crippen LogP contribution in [0, 0.1) is 0 Å². The summed E-state index contributed by atoms with van der Waals surface area (Å²) in [5.41, 5.74) is 8.60. The zero-order valence-electron chi connectivity index (χ0n) is 12.7. The number of benzene rings is 2. The minimum Gasteiger partial charge on any atom is -0.399 e. The number of rotatable bonds is 1. The van der Waals surface area contributed by atoms with Gasteiger partial charge in [0.1, 0.15) is 0 Å². The highest BCUT2D eigenvalue weighted by Crippen LogP contribution is 2.30. The summed E-state index contributed by atoms with van der Waals surface area (Å²) < 4.78 is 0. The highest BCUT2D eigenvalue weighted by atomic mass is 35.5. The van der Waals surface area contributed by atoms with Gasteiger partial charge >= 0.3 is 0 Å².